The Hall–Kier alpha value is -0.830. The van der Waals surface area contributed by atoms with Crippen LogP contribution in [0, 0.1) is 23.7 Å². The average Bonchev–Trinajstić information content (AvgIpc) is 2.37. The number of aliphatic hydroxyl groups is 1. The van der Waals surface area contributed by atoms with Crippen molar-refractivity contribution < 1.29 is 14.6 Å². The highest BCUT2D eigenvalue weighted by molar-refractivity contribution is 5.69. The van der Waals surface area contributed by atoms with Gasteiger partial charge in [-0.1, -0.05) is 19.1 Å². The van der Waals surface area contributed by atoms with E-state index >= 15 is 0 Å². The highest BCUT2D eigenvalue weighted by atomic mass is 16.5. The van der Waals surface area contributed by atoms with Crippen molar-refractivity contribution in [3.8, 4) is 0 Å². The van der Waals surface area contributed by atoms with Crippen molar-refractivity contribution in [3.63, 3.8) is 0 Å². The smallest absolute Gasteiger partial charge is 0.305 e. The van der Waals surface area contributed by atoms with E-state index in [9.17, 15) is 9.90 Å². The van der Waals surface area contributed by atoms with Crippen LogP contribution in [0.15, 0.2) is 12.2 Å². The number of carbonyl (C=O) groups is 1. The van der Waals surface area contributed by atoms with Gasteiger partial charge in [-0.05, 0) is 37.0 Å². The second-order valence-electron chi connectivity index (χ2n) is 5.23. The highest BCUT2D eigenvalue weighted by Gasteiger charge is 2.40. The Morgan fingerprint density at radius 2 is 1.94 bits per heavy atom. The quantitative estimate of drug-likeness (QED) is 0.589. The maximum atomic E-state index is 11.4. The van der Waals surface area contributed by atoms with E-state index in [1.54, 1.807) is 0 Å². The molecule has 3 aliphatic rings. The van der Waals surface area contributed by atoms with Crippen LogP contribution in [0.4, 0.5) is 0 Å². The lowest BCUT2D eigenvalue weighted by molar-refractivity contribution is -0.147. The Morgan fingerprint density at radius 1 is 1.29 bits per heavy atom. The average molecular weight is 238 g/mol. The van der Waals surface area contributed by atoms with Crippen LogP contribution in [0.5, 0.6) is 0 Å². The lowest BCUT2D eigenvalue weighted by Crippen LogP contribution is -2.41. The van der Waals surface area contributed by atoms with Gasteiger partial charge in [-0.15, -0.1) is 0 Å². The molecule has 0 amide bonds. The molecule has 3 aliphatic carbocycles. The van der Waals surface area contributed by atoms with Gasteiger partial charge in [0.15, 0.2) is 0 Å². The summed E-state index contributed by atoms with van der Waals surface area (Å²) >= 11 is 0. The van der Waals surface area contributed by atoms with Crippen LogP contribution < -0.4 is 0 Å². The van der Waals surface area contributed by atoms with E-state index in [-0.39, 0.29) is 18.5 Å². The molecule has 2 unspecified atom stereocenters. The van der Waals surface area contributed by atoms with Gasteiger partial charge in [0, 0.05) is 18.9 Å². The van der Waals surface area contributed by atoms with Crippen molar-refractivity contribution in [3.05, 3.63) is 12.2 Å². The Morgan fingerprint density at radius 3 is 2.47 bits per heavy atom. The molecule has 4 atom stereocenters. The summed E-state index contributed by atoms with van der Waals surface area (Å²) in [4.78, 5) is 11.4. The molecule has 0 spiro atoms. The van der Waals surface area contributed by atoms with Gasteiger partial charge in [-0.2, -0.15) is 0 Å². The van der Waals surface area contributed by atoms with Crippen LogP contribution >= 0.6 is 0 Å². The normalized spacial score (nSPS) is 34.9. The molecule has 1 N–H and O–H groups in total. The number of fused-ring (bicyclic) bond motifs is 2. The van der Waals surface area contributed by atoms with Crippen LogP contribution in [0.2, 0.25) is 0 Å². The van der Waals surface area contributed by atoms with Gasteiger partial charge in [-0.25, -0.2) is 0 Å². The molecule has 1 fully saturated rings. The molecular weight excluding hydrogens is 216 g/mol. The standard InChI is InChI=1S/C14H22O3/c1-2-3-14(16)17-9-13-11-6-4-10(5-7-11)12(13)8-15/h4,6,10-13,15H,2-3,5,7-9H2,1H3/t10-,11+,12?,13?/m1/s1. The molecular formula is C14H22O3. The number of hydrogen-bond acceptors (Lipinski definition) is 3. The maximum absolute atomic E-state index is 11.4. The first kappa shape index (κ1) is 12.6. The number of esters is 1. The number of aliphatic hydroxyl groups excluding tert-OH is 1. The fourth-order valence-electron chi connectivity index (χ4n) is 3.19. The number of allylic oxidation sites excluding steroid dienone is 2. The van der Waals surface area contributed by atoms with E-state index in [4.69, 9.17) is 4.74 Å². The monoisotopic (exact) mass is 238 g/mol. The second kappa shape index (κ2) is 5.67. The molecule has 17 heavy (non-hydrogen) atoms. The summed E-state index contributed by atoms with van der Waals surface area (Å²) in [5.41, 5.74) is 0. The van der Waals surface area contributed by atoms with E-state index in [2.05, 4.69) is 12.2 Å². The first-order chi connectivity index (χ1) is 8.26. The number of hydrogen-bond donors (Lipinski definition) is 1. The van der Waals surface area contributed by atoms with Gasteiger partial charge >= 0.3 is 5.97 Å². The predicted molar refractivity (Wildman–Crippen MR) is 65.3 cm³/mol. The van der Waals surface area contributed by atoms with Crippen LogP contribution in [0.3, 0.4) is 0 Å². The second-order valence-corrected chi connectivity index (χ2v) is 5.23. The molecule has 96 valence electrons. The molecule has 0 aromatic carbocycles. The Kier molecular flexibility index (Phi) is 4.21. The van der Waals surface area contributed by atoms with Gasteiger partial charge < -0.3 is 9.84 Å². The number of ether oxygens (including phenoxy) is 1. The van der Waals surface area contributed by atoms with Gasteiger partial charge in [0.25, 0.3) is 0 Å². The fourth-order valence-corrected chi connectivity index (χ4v) is 3.19. The summed E-state index contributed by atoms with van der Waals surface area (Å²) in [6.07, 6.45) is 8.16. The molecule has 0 aromatic rings. The van der Waals surface area contributed by atoms with Crippen molar-refractivity contribution in [1.82, 2.24) is 0 Å². The summed E-state index contributed by atoms with van der Waals surface area (Å²) in [6.45, 7) is 2.67. The van der Waals surface area contributed by atoms with Crippen molar-refractivity contribution in [2.24, 2.45) is 23.7 Å². The Balaban J connectivity index is 1.91. The molecule has 0 radical (unpaired) electrons. The zero-order valence-corrected chi connectivity index (χ0v) is 10.5. The van der Waals surface area contributed by atoms with E-state index < -0.39 is 0 Å². The van der Waals surface area contributed by atoms with Gasteiger partial charge in [0.2, 0.25) is 0 Å². The Bertz CT molecular complexity index is 298. The lowest BCUT2D eigenvalue weighted by atomic mass is 9.63. The molecule has 3 nitrogen and oxygen atoms in total. The van der Waals surface area contributed by atoms with E-state index in [1.165, 1.54) is 12.8 Å². The van der Waals surface area contributed by atoms with E-state index in [0.717, 1.165) is 6.42 Å². The first-order valence-electron chi connectivity index (χ1n) is 6.71. The topological polar surface area (TPSA) is 46.5 Å². The third kappa shape index (κ3) is 2.71. The molecule has 3 heteroatoms. The first-order valence-corrected chi connectivity index (χ1v) is 6.71. The van der Waals surface area contributed by atoms with Gasteiger partial charge in [-0.3, -0.25) is 4.79 Å². The summed E-state index contributed by atoms with van der Waals surface area (Å²) in [7, 11) is 0. The number of carbonyl (C=O) groups excluding carboxylic acids is 1. The van der Waals surface area contributed by atoms with Crippen LogP contribution in [0.1, 0.15) is 32.6 Å². The van der Waals surface area contributed by atoms with E-state index in [0.29, 0.717) is 30.8 Å². The fraction of sp³-hybridized carbons (Fsp3) is 0.786. The van der Waals surface area contributed by atoms with Gasteiger partial charge in [0.1, 0.15) is 0 Å². The Labute approximate surface area is 103 Å². The largest absolute Gasteiger partial charge is 0.465 e. The summed E-state index contributed by atoms with van der Waals surface area (Å²) < 4.78 is 5.32. The molecule has 1 saturated carbocycles. The minimum Gasteiger partial charge on any atom is -0.465 e. The van der Waals surface area contributed by atoms with Crippen LogP contribution in [-0.4, -0.2) is 24.3 Å². The SMILES string of the molecule is CCCC(=O)OCC1C(CO)[C@@H]2C=C[C@H]1CC2. The van der Waals surface area contributed by atoms with E-state index in [1.807, 2.05) is 6.92 Å². The highest BCUT2D eigenvalue weighted by Crippen LogP contribution is 2.44. The minimum absolute atomic E-state index is 0.102. The van der Waals surface area contributed by atoms with Crippen molar-refractivity contribution in [2.45, 2.75) is 32.6 Å². The van der Waals surface area contributed by atoms with Crippen molar-refractivity contribution in [2.75, 3.05) is 13.2 Å². The predicted octanol–water partition coefficient (Wildman–Crippen LogP) is 2.15. The summed E-state index contributed by atoms with van der Waals surface area (Å²) in [5.74, 6) is 1.49. The molecule has 0 aliphatic heterocycles. The summed E-state index contributed by atoms with van der Waals surface area (Å²) in [5, 5.41) is 9.48. The molecule has 3 rings (SSSR count). The zero-order chi connectivity index (χ0) is 12.3. The van der Waals surface area contributed by atoms with Crippen LogP contribution in [0.25, 0.3) is 0 Å². The minimum atomic E-state index is -0.102. The molecule has 0 heterocycles. The van der Waals surface area contributed by atoms with Crippen molar-refractivity contribution >= 4 is 5.97 Å². The zero-order valence-electron chi connectivity index (χ0n) is 10.5. The number of rotatable bonds is 5. The third-order valence-corrected chi connectivity index (χ3v) is 4.19. The molecule has 2 bridgehead atoms. The maximum Gasteiger partial charge on any atom is 0.305 e. The summed E-state index contributed by atoms with van der Waals surface area (Å²) in [6, 6.07) is 0. The molecule has 0 aromatic heterocycles. The lowest BCUT2D eigenvalue weighted by Gasteiger charge is -2.44. The third-order valence-electron chi connectivity index (χ3n) is 4.19. The van der Waals surface area contributed by atoms with Crippen molar-refractivity contribution in [1.29, 1.82) is 0 Å². The van der Waals surface area contributed by atoms with Crippen LogP contribution in [-0.2, 0) is 9.53 Å². The van der Waals surface area contributed by atoms with Gasteiger partial charge in [0.05, 0.1) is 6.61 Å². The molecule has 0 saturated heterocycles.